The first-order valence-corrected chi connectivity index (χ1v) is 7.80. The van der Waals surface area contributed by atoms with E-state index in [1.54, 1.807) is 0 Å². The lowest BCUT2D eigenvalue weighted by Crippen LogP contribution is -2.46. The molecule has 1 saturated carbocycles. The third kappa shape index (κ3) is 3.54. The summed E-state index contributed by atoms with van der Waals surface area (Å²) in [4.78, 5) is 0. The predicted molar refractivity (Wildman–Crippen MR) is 86.0 cm³/mol. The quantitative estimate of drug-likeness (QED) is 0.858. The number of nitrogens with one attached hydrogen (secondary N) is 1. The number of aliphatic hydroxyl groups excluding tert-OH is 1. The molecule has 2 rings (SSSR count). The molecular formula is C18H29NO. The lowest BCUT2D eigenvalue weighted by molar-refractivity contribution is 0.104. The monoisotopic (exact) mass is 275 g/mol. The van der Waals surface area contributed by atoms with Crippen LogP contribution in [-0.4, -0.2) is 17.3 Å². The maximum atomic E-state index is 9.88. The van der Waals surface area contributed by atoms with Crippen LogP contribution in [-0.2, 0) is 0 Å². The molecular weight excluding hydrogens is 246 g/mol. The van der Waals surface area contributed by atoms with Gasteiger partial charge in [0, 0.05) is 5.69 Å². The summed E-state index contributed by atoms with van der Waals surface area (Å²) >= 11 is 0. The summed E-state index contributed by atoms with van der Waals surface area (Å²) < 4.78 is 0. The van der Waals surface area contributed by atoms with Crippen molar-refractivity contribution in [3.05, 3.63) is 29.8 Å². The third-order valence-corrected chi connectivity index (χ3v) is 4.93. The minimum absolute atomic E-state index is 0.128. The van der Waals surface area contributed by atoms with Gasteiger partial charge in [-0.05, 0) is 56.1 Å². The van der Waals surface area contributed by atoms with Gasteiger partial charge in [-0.2, -0.15) is 0 Å². The van der Waals surface area contributed by atoms with Crippen LogP contribution in [0.3, 0.4) is 0 Å². The molecule has 2 heteroatoms. The Kier molecular flexibility index (Phi) is 4.43. The molecule has 0 bridgehead atoms. The first-order chi connectivity index (χ1) is 9.35. The molecule has 20 heavy (non-hydrogen) atoms. The van der Waals surface area contributed by atoms with Gasteiger partial charge in [0.2, 0.25) is 0 Å². The van der Waals surface area contributed by atoms with E-state index >= 15 is 0 Å². The summed E-state index contributed by atoms with van der Waals surface area (Å²) in [6, 6.07) is 8.47. The second-order valence-electron chi connectivity index (χ2n) is 7.57. The summed E-state index contributed by atoms with van der Waals surface area (Å²) in [5.74, 6) is 0.766. The number of aliphatic hydroxyl groups is 1. The maximum absolute atomic E-state index is 9.88. The maximum Gasteiger partial charge on any atom is 0.0661 e. The number of anilines is 1. The van der Waals surface area contributed by atoms with E-state index in [2.05, 4.69) is 57.3 Å². The fourth-order valence-electron chi connectivity index (χ4n) is 3.30. The van der Waals surface area contributed by atoms with Crippen molar-refractivity contribution < 1.29 is 5.11 Å². The van der Waals surface area contributed by atoms with E-state index in [0.29, 0.717) is 5.41 Å². The van der Waals surface area contributed by atoms with Gasteiger partial charge in [0.25, 0.3) is 0 Å². The van der Waals surface area contributed by atoms with Crippen molar-refractivity contribution in [3.8, 4) is 0 Å². The molecule has 112 valence electrons. The van der Waals surface area contributed by atoms with E-state index < -0.39 is 0 Å². The van der Waals surface area contributed by atoms with Gasteiger partial charge in [0.05, 0.1) is 12.1 Å². The second kappa shape index (κ2) is 5.77. The molecule has 2 nitrogen and oxygen atoms in total. The highest BCUT2D eigenvalue weighted by atomic mass is 16.3. The molecule has 1 aliphatic carbocycles. The van der Waals surface area contributed by atoms with Gasteiger partial charge in [-0.25, -0.2) is 0 Å². The highest BCUT2D eigenvalue weighted by molar-refractivity contribution is 5.47. The third-order valence-electron chi connectivity index (χ3n) is 4.93. The summed E-state index contributed by atoms with van der Waals surface area (Å²) in [6.07, 6.45) is 4.50. The van der Waals surface area contributed by atoms with Gasteiger partial charge >= 0.3 is 0 Å². The topological polar surface area (TPSA) is 32.3 Å². The molecule has 0 radical (unpaired) electrons. The van der Waals surface area contributed by atoms with Gasteiger partial charge < -0.3 is 10.4 Å². The van der Waals surface area contributed by atoms with Gasteiger partial charge in [0.1, 0.15) is 0 Å². The zero-order chi connectivity index (χ0) is 14.8. The Morgan fingerprint density at radius 2 is 1.70 bits per heavy atom. The van der Waals surface area contributed by atoms with Crippen LogP contribution in [0.5, 0.6) is 0 Å². The molecule has 1 aliphatic rings. The van der Waals surface area contributed by atoms with Crippen LogP contribution >= 0.6 is 0 Å². The number of benzene rings is 1. The molecule has 0 saturated heterocycles. The number of aryl methyl sites for hydroxylation is 1. The highest BCUT2D eigenvalue weighted by Gasteiger charge is 2.38. The minimum Gasteiger partial charge on any atom is -0.394 e. The van der Waals surface area contributed by atoms with Crippen LogP contribution in [0, 0.1) is 18.3 Å². The second-order valence-corrected chi connectivity index (χ2v) is 7.57. The summed E-state index contributed by atoms with van der Waals surface area (Å²) in [7, 11) is 0. The van der Waals surface area contributed by atoms with E-state index in [4.69, 9.17) is 0 Å². The molecule has 0 aromatic heterocycles. The molecule has 0 spiro atoms. The van der Waals surface area contributed by atoms with E-state index in [-0.39, 0.29) is 12.1 Å². The summed E-state index contributed by atoms with van der Waals surface area (Å²) in [5, 5.41) is 13.5. The number of hydrogen-bond acceptors (Lipinski definition) is 2. The van der Waals surface area contributed by atoms with Crippen molar-refractivity contribution in [3.63, 3.8) is 0 Å². The molecule has 2 N–H and O–H groups in total. The Morgan fingerprint density at radius 3 is 2.15 bits per heavy atom. The fourth-order valence-corrected chi connectivity index (χ4v) is 3.30. The van der Waals surface area contributed by atoms with E-state index in [0.717, 1.165) is 24.4 Å². The molecule has 1 aromatic rings. The smallest absolute Gasteiger partial charge is 0.0661 e. The number of hydrogen-bond donors (Lipinski definition) is 2. The van der Waals surface area contributed by atoms with Gasteiger partial charge in [-0.3, -0.25) is 0 Å². The summed E-state index contributed by atoms with van der Waals surface area (Å²) in [5.41, 5.74) is 2.64. The van der Waals surface area contributed by atoms with Crippen molar-refractivity contribution >= 4 is 5.69 Å². The van der Waals surface area contributed by atoms with Crippen LogP contribution in [0.25, 0.3) is 0 Å². The van der Waals surface area contributed by atoms with E-state index in [1.807, 2.05) is 0 Å². The molecule has 0 aliphatic heterocycles. The lowest BCUT2D eigenvalue weighted by Gasteiger charge is -2.44. The molecule has 0 heterocycles. The van der Waals surface area contributed by atoms with Crippen LogP contribution in [0.15, 0.2) is 24.3 Å². The normalized spacial score (nSPS) is 27.4. The van der Waals surface area contributed by atoms with Crippen LogP contribution in [0.2, 0.25) is 0 Å². The zero-order valence-corrected chi connectivity index (χ0v) is 13.4. The van der Waals surface area contributed by atoms with Crippen LogP contribution < -0.4 is 5.32 Å². The molecule has 0 atom stereocenters. The Morgan fingerprint density at radius 1 is 1.15 bits per heavy atom. The van der Waals surface area contributed by atoms with Crippen molar-refractivity contribution in [2.75, 3.05) is 11.9 Å². The van der Waals surface area contributed by atoms with Gasteiger partial charge in [0.15, 0.2) is 0 Å². The standard InChI is InChI=1S/C18H29NO/c1-14-5-7-16(8-6-14)19-18(13-20)11-9-15(10-12-18)17(2,3)4/h5-8,15,19-20H,9-13H2,1-4H3. The minimum atomic E-state index is -0.128. The molecule has 0 amide bonds. The first-order valence-electron chi connectivity index (χ1n) is 7.80. The first kappa shape index (κ1) is 15.4. The van der Waals surface area contributed by atoms with Gasteiger partial charge in [-0.15, -0.1) is 0 Å². The predicted octanol–water partition coefficient (Wildman–Crippen LogP) is 4.37. The molecule has 1 aromatic carbocycles. The van der Waals surface area contributed by atoms with Crippen molar-refractivity contribution in [2.24, 2.45) is 11.3 Å². The van der Waals surface area contributed by atoms with Crippen molar-refractivity contribution in [2.45, 2.75) is 58.9 Å². The van der Waals surface area contributed by atoms with E-state index in [9.17, 15) is 5.11 Å². The van der Waals surface area contributed by atoms with Crippen molar-refractivity contribution in [1.82, 2.24) is 0 Å². The molecule has 1 fully saturated rings. The average Bonchev–Trinajstić information content (AvgIpc) is 2.41. The number of rotatable bonds is 3. The summed E-state index contributed by atoms with van der Waals surface area (Å²) in [6.45, 7) is 9.31. The van der Waals surface area contributed by atoms with Crippen LogP contribution in [0.1, 0.15) is 52.0 Å². The SMILES string of the molecule is Cc1ccc(NC2(CO)CCC(C(C)(C)C)CC2)cc1. The Labute approximate surface area is 123 Å². The largest absolute Gasteiger partial charge is 0.394 e. The van der Waals surface area contributed by atoms with Crippen LogP contribution in [0.4, 0.5) is 5.69 Å². The highest BCUT2D eigenvalue weighted by Crippen LogP contribution is 2.42. The Hall–Kier alpha value is -1.02. The van der Waals surface area contributed by atoms with Crippen molar-refractivity contribution in [1.29, 1.82) is 0 Å². The van der Waals surface area contributed by atoms with E-state index in [1.165, 1.54) is 18.4 Å². The lowest BCUT2D eigenvalue weighted by atomic mass is 9.67. The Balaban J connectivity index is 2.03. The van der Waals surface area contributed by atoms with Gasteiger partial charge in [-0.1, -0.05) is 38.5 Å². The molecule has 0 unspecified atom stereocenters. The average molecular weight is 275 g/mol. The zero-order valence-electron chi connectivity index (χ0n) is 13.4. The fraction of sp³-hybridized carbons (Fsp3) is 0.667. The Bertz CT molecular complexity index is 422.